The van der Waals surface area contributed by atoms with Crippen LogP contribution in [0.4, 0.5) is 21.0 Å². The maximum absolute atomic E-state index is 13.0. The summed E-state index contributed by atoms with van der Waals surface area (Å²) < 4.78 is 10.7. The van der Waals surface area contributed by atoms with Gasteiger partial charge in [0.05, 0.1) is 34.2 Å². The first-order valence-electron chi connectivity index (χ1n) is 20.5. The fraction of sp³-hybridized carbons (Fsp3) is 0.391. The third-order valence-electron chi connectivity index (χ3n) is 9.72. The summed E-state index contributed by atoms with van der Waals surface area (Å²) in [6, 6.07) is 26.3. The zero-order valence-electron chi connectivity index (χ0n) is 35.7. The van der Waals surface area contributed by atoms with Crippen molar-refractivity contribution in [2.75, 3.05) is 52.4 Å². The SMILES string of the molecule is CC(C)(C)OC(=O)N1CCN(C(=O)c2cccc(C3=Nc4ccccc4C3)n2)CC1.CC(C)(C)OC(=O)N1CCNCC1.O=C(O)c1cccc(C2=Nc3ccccc3C2)n1. The number of aromatic carboxylic acids is 1. The zero-order chi connectivity index (χ0) is 43.7. The highest BCUT2D eigenvalue weighted by molar-refractivity contribution is 6.06. The van der Waals surface area contributed by atoms with Crippen molar-refractivity contribution >= 4 is 46.9 Å². The standard InChI is InChI=1S/C23H26N4O3.C14H10N2O2.C9H18N2O2/c1-23(2,3)30-22(29)27-13-11-26(12-14-27)21(28)19-10-6-9-18(25-19)20-15-16-7-4-5-8-17(16)24-20;17-14(18)12-7-3-6-11(16-12)13-8-9-4-1-2-5-10(9)15-13;1-9(2,3)13-8(12)11-6-4-10-5-7-11/h4-10H,11-15H2,1-3H3;1-7H,8H2,(H,17,18);10H,4-7H2,1-3H3. The van der Waals surface area contributed by atoms with Gasteiger partial charge in [0.2, 0.25) is 0 Å². The lowest BCUT2D eigenvalue weighted by Gasteiger charge is -2.35. The van der Waals surface area contributed by atoms with Gasteiger partial charge in [-0.05, 0) is 89.1 Å². The Labute approximate surface area is 356 Å². The van der Waals surface area contributed by atoms with E-state index in [4.69, 9.17) is 14.6 Å². The Bertz CT molecular complexity index is 2300. The van der Waals surface area contributed by atoms with Gasteiger partial charge in [0.25, 0.3) is 5.91 Å². The van der Waals surface area contributed by atoms with Crippen LogP contribution < -0.4 is 5.32 Å². The number of benzene rings is 2. The molecule has 2 N–H and O–H groups in total. The van der Waals surface area contributed by atoms with E-state index in [1.807, 2.05) is 96.1 Å². The first-order valence-corrected chi connectivity index (χ1v) is 20.5. The van der Waals surface area contributed by atoms with Crippen LogP contribution in [0.1, 0.15) is 85.0 Å². The monoisotopic (exact) mass is 830 g/mol. The number of para-hydroxylation sites is 2. The van der Waals surface area contributed by atoms with Crippen molar-refractivity contribution < 1.29 is 33.8 Å². The number of nitrogens with one attached hydrogen (secondary N) is 1. The van der Waals surface area contributed by atoms with Gasteiger partial charge in [-0.15, -0.1) is 0 Å². The normalized spacial score (nSPS) is 15.7. The van der Waals surface area contributed by atoms with Gasteiger partial charge in [0, 0.05) is 65.2 Å². The number of nitrogens with zero attached hydrogens (tertiary/aromatic N) is 7. The molecule has 6 heterocycles. The first-order chi connectivity index (χ1) is 29.0. The highest BCUT2D eigenvalue weighted by atomic mass is 16.6. The second kappa shape index (κ2) is 19.3. The molecule has 0 atom stereocenters. The van der Waals surface area contributed by atoms with Crippen LogP contribution in [-0.4, -0.2) is 129 Å². The molecule has 2 saturated heterocycles. The Kier molecular flexibility index (Phi) is 13.9. The number of hydrogen-bond acceptors (Lipinski definition) is 11. The summed E-state index contributed by atoms with van der Waals surface area (Å²) in [6.07, 6.45) is 0.879. The van der Waals surface area contributed by atoms with E-state index in [0.717, 1.165) is 66.7 Å². The Morgan fingerprint density at radius 1 is 0.557 bits per heavy atom. The van der Waals surface area contributed by atoms with E-state index in [1.165, 1.54) is 11.6 Å². The molecule has 61 heavy (non-hydrogen) atoms. The van der Waals surface area contributed by atoms with E-state index in [1.54, 1.807) is 32.9 Å². The highest BCUT2D eigenvalue weighted by Crippen LogP contribution is 2.29. The highest BCUT2D eigenvalue weighted by Gasteiger charge is 2.29. The van der Waals surface area contributed by atoms with Crippen molar-refractivity contribution in [1.29, 1.82) is 0 Å². The number of aliphatic imine (C=N–C) groups is 2. The number of fused-ring (bicyclic) bond motifs is 2. The number of piperazine rings is 2. The lowest BCUT2D eigenvalue weighted by molar-refractivity contribution is 0.0139. The molecule has 8 rings (SSSR count). The fourth-order valence-corrected chi connectivity index (χ4v) is 6.75. The van der Waals surface area contributed by atoms with E-state index < -0.39 is 11.6 Å². The predicted molar refractivity (Wildman–Crippen MR) is 233 cm³/mol. The number of hydrogen-bond donors (Lipinski definition) is 2. The summed E-state index contributed by atoms with van der Waals surface area (Å²) in [4.78, 5) is 70.5. The Hall–Kier alpha value is -6.48. The molecule has 0 bridgehead atoms. The number of carboxylic acids is 1. The zero-order valence-corrected chi connectivity index (χ0v) is 35.7. The molecule has 2 aromatic heterocycles. The van der Waals surface area contributed by atoms with Gasteiger partial charge in [-0.2, -0.15) is 0 Å². The number of carbonyl (C=O) groups is 4. The molecule has 15 nitrogen and oxygen atoms in total. The number of rotatable bonds is 4. The van der Waals surface area contributed by atoms with E-state index in [-0.39, 0.29) is 29.4 Å². The molecule has 4 aliphatic heterocycles. The number of ether oxygens (including phenoxy) is 2. The average molecular weight is 831 g/mol. The fourth-order valence-electron chi connectivity index (χ4n) is 6.75. The van der Waals surface area contributed by atoms with Crippen molar-refractivity contribution in [3.05, 3.63) is 119 Å². The van der Waals surface area contributed by atoms with Crippen molar-refractivity contribution in [3.63, 3.8) is 0 Å². The van der Waals surface area contributed by atoms with Crippen LogP contribution in [0.5, 0.6) is 0 Å². The number of aromatic nitrogens is 2. The van der Waals surface area contributed by atoms with E-state index in [9.17, 15) is 19.2 Å². The number of carbonyl (C=O) groups excluding carboxylic acids is 3. The smallest absolute Gasteiger partial charge is 0.410 e. The molecule has 15 heteroatoms. The van der Waals surface area contributed by atoms with E-state index in [0.29, 0.717) is 44.0 Å². The number of carboxylic acid groups (broad SMARTS) is 1. The molecule has 0 saturated carbocycles. The lowest BCUT2D eigenvalue weighted by atomic mass is 10.1. The van der Waals surface area contributed by atoms with Gasteiger partial charge in [-0.3, -0.25) is 14.8 Å². The second-order valence-electron chi connectivity index (χ2n) is 16.8. The maximum atomic E-state index is 13.0. The van der Waals surface area contributed by atoms with Crippen LogP contribution in [0, 0.1) is 0 Å². The van der Waals surface area contributed by atoms with Crippen LogP contribution in [-0.2, 0) is 22.3 Å². The summed E-state index contributed by atoms with van der Waals surface area (Å²) in [5, 5.41) is 12.1. The molecule has 4 aromatic rings. The molecule has 0 spiro atoms. The van der Waals surface area contributed by atoms with Crippen LogP contribution in [0.3, 0.4) is 0 Å². The van der Waals surface area contributed by atoms with Crippen molar-refractivity contribution in [1.82, 2.24) is 30.0 Å². The molecule has 2 fully saturated rings. The average Bonchev–Trinajstić information content (AvgIpc) is 3.89. The molecule has 0 aliphatic carbocycles. The van der Waals surface area contributed by atoms with Crippen molar-refractivity contribution in [3.8, 4) is 0 Å². The lowest BCUT2D eigenvalue weighted by Crippen LogP contribution is -2.51. The van der Waals surface area contributed by atoms with Gasteiger partial charge in [0.15, 0.2) is 0 Å². The van der Waals surface area contributed by atoms with Gasteiger partial charge in [0.1, 0.15) is 22.6 Å². The van der Waals surface area contributed by atoms with E-state index in [2.05, 4.69) is 31.3 Å². The molecule has 320 valence electrons. The molecule has 4 aliphatic rings. The summed E-state index contributed by atoms with van der Waals surface area (Å²) in [7, 11) is 0. The predicted octanol–water partition coefficient (Wildman–Crippen LogP) is 6.73. The summed E-state index contributed by atoms with van der Waals surface area (Å²) in [5.41, 5.74) is 6.80. The first kappa shape index (κ1) is 44.1. The molecular formula is C46H54N8O7. The Balaban J connectivity index is 0.000000170. The largest absolute Gasteiger partial charge is 0.477 e. The Morgan fingerprint density at radius 3 is 1.44 bits per heavy atom. The molecular weight excluding hydrogens is 777 g/mol. The van der Waals surface area contributed by atoms with Crippen LogP contribution >= 0.6 is 0 Å². The second-order valence-corrected chi connectivity index (χ2v) is 16.8. The quantitative estimate of drug-likeness (QED) is 0.224. The molecule has 0 unspecified atom stereocenters. The summed E-state index contributed by atoms with van der Waals surface area (Å²) in [5.74, 6) is -1.15. The summed E-state index contributed by atoms with van der Waals surface area (Å²) in [6.45, 7) is 16.2. The van der Waals surface area contributed by atoms with Crippen LogP contribution in [0.2, 0.25) is 0 Å². The van der Waals surface area contributed by atoms with E-state index >= 15 is 0 Å². The van der Waals surface area contributed by atoms with Gasteiger partial charge < -0.3 is 34.6 Å². The minimum absolute atomic E-state index is 0.0474. The maximum Gasteiger partial charge on any atom is 0.410 e. The topological polar surface area (TPSA) is 179 Å². The third kappa shape index (κ3) is 12.3. The van der Waals surface area contributed by atoms with Gasteiger partial charge in [-0.1, -0.05) is 48.5 Å². The minimum Gasteiger partial charge on any atom is -0.477 e. The number of pyridine rings is 2. The minimum atomic E-state index is -1.02. The van der Waals surface area contributed by atoms with Crippen LogP contribution in [0.25, 0.3) is 0 Å². The van der Waals surface area contributed by atoms with Crippen molar-refractivity contribution in [2.24, 2.45) is 9.98 Å². The molecule has 2 aromatic carbocycles. The number of amides is 3. The summed E-state index contributed by atoms with van der Waals surface area (Å²) >= 11 is 0. The van der Waals surface area contributed by atoms with Crippen LogP contribution in [0.15, 0.2) is 94.9 Å². The Morgan fingerprint density at radius 2 is 0.984 bits per heavy atom. The molecule has 3 amide bonds. The third-order valence-corrected chi connectivity index (χ3v) is 9.72. The van der Waals surface area contributed by atoms with Gasteiger partial charge in [-0.25, -0.2) is 24.4 Å². The van der Waals surface area contributed by atoms with Gasteiger partial charge >= 0.3 is 18.2 Å². The molecule has 0 radical (unpaired) electrons. The van der Waals surface area contributed by atoms with Crippen molar-refractivity contribution in [2.45, 2.75) is 65.6 Å².